The van der Waals surface area contributed by atoms with Gasteiger partial charge in [0.15, 0.2) is 11.5 Å². The smallest absolute Gasteiger partial charge is 0.192 e. The highest BCUT2D eigenvalue weighted by Crippen LogP contribution is 2.20. The molecule has 0 aliphatic carbocycles. The molecule has 2 N–H and O–H groups in total. The van der Waals surface area contributed by atoms with Crippen LogP contribution in [0.25, 0.3) is 11.1 Å². The Morgan fingerprint density at radius 1 is 1.57 bits per heavy atom. The molecule has 1 atom stereocenters. The number of benzene rings is 1. The van der Waals surface area contributed by atoms with Crippen molar-refractivity contribution in [2.45, 2.75) is 13.0 Å². The van der Waals surface area contributed by atoms with E-state index in [-0.39, 0.29) is 6.04 Å². The van der Waals surface area contributed by atoms with Crippen LogP contribution in [0, 0.1) is 6.92 Å². The van der Waals surface area contributed by atoms with Gasteiger partial charge < -0.3 is 10.2 Å². The van der Waals surface area contributed by atoms with Crippen LogP contribution in [-0.2, 0) is 0 Å². The van der Waals surface area contributed by atoms with E-state index in [4.69, 9.17) is 10.2 Å². The molecule has 0 amide bonds. The molecule has 0 aliphatic rings. The summed E-state index contributed by atoms with van der Waals surface area (Å²) in [6.07, 6.45) is 0. The second-order valence-electron chi connectivity index (χ2n) is 3.25. The molecule has 0 aliphatic heterocycles. The lowest BCUT2D eigenvalue weighted by atomic mass is 10.1. The summed E-state index contributed by atoms with van der Waals surface area (Å²) >= 11 is 4.16. The van der Waals surface area contributed by atoms with Crippen molar-refractivity contribution in [3.63, 3.8) is 0 Å². The van der Waals surface area contributed by atoms with Crippen LogP contribution in [0.4, 0.5) is 0 Å². The van der Waals surface area contributed by atoms with Crippen LogP contribution in [0.2, 0.25) is 0 Å². The zero-order valence-corrected chi connectivity index (χ0v) is 8.79. The van der Waals surface area contributed by atoms with Gasteiger partial charge in [0.1, 0.15) is 5.52 Å². The molecule has 3 nitrogen and oxygen atoms in total. The highest BCUT2D eigenvalue weighted by molar-refractivity contribution is 7.80. The first kappa shape index (κ1) is 9.55. The highest BCUT2D eigenvalue weighted by Gasteiger charge is 2.07. The summed E-state index contributed by atoms with van der Waals surface area (Å²) in [4.78, 5) is 4.21. The van der Waals surface area contributed by atoms with Gasteiger partial charge >= 0.3 is 0 Å². The zero-order chi connectivity index (χ0) is 10.1. The normalized spacial score (nSPS) is 13.4. The van der Waals surface area contributed by atoms with Gasteiger partial charge in [-0.3, -0.25) is 0 Å². The molecule has 0 radical (unpaired) electrons. The summed E-state index contributed by atoms with van der Waals surface area (Å²) in [5.41, 5.74) is 8.55. The minimum Gasteiger partial charge on any atom is -0.441 e. The molecular weight excluding hydrogens is 196 g/mol. The fraction of sp³-hybridized carbons (Fsp3) is 0.300. The van der Waals surface area contributed by atoms with Crippen LogP contribution in [-0.4, -0.2) is 10.7 Å². The van der Waals surface area contributed by atoms with Crippen molar-refractivity contribution in [2.24, 2.45) is 5.73 Å². The van der Waals surface area contributed by atoms with Crippen molar-refractivity contribution in [3.8, 4) is 0 Å². The topological polar surface area (TPSA) is 52.0 Å². The average molecular weight is 208 g/mol. The van der Waals surface area contributed by atoms with Crippen molar-refractivity contribution >= 4 is 23.7 Å². The van der Waals surface area contributed by atoms with E-state index in [0.717, 1.165) is 16.7 Å². The molecule has 0 bridgehead atoms. The van der Waals surface area contributed by atoms with Crippen LogP contribution >= 0.6 is 12.6 Å². The number of oxazole rings is 1. The van der Waals surface area contributed by atoms with Crippen molar-refractivity contribution < 1.29 is 4.42 Å². The standard InChI is InChI=1S/C10H12N2OS/c1-6-12-9-3-2-7(8(11)5-14)4-10(9)13-6/h2-4,8,14H,5,11H2,1H3. The summed E-state index contributed by atoms with van der Waals surface area (Å²) in [6, 6.07) is 5.76. The van der Waals surface area contributed by atoms with Crippen LogP contribution in [0.5, 0.6) is 0 Å². The van der Waals surface area contributed by atoms with Gasteiger partial charge in [-0.2, -0.15) is 12.6 Å². The van der Waals surface area contributed by atoms with Crippen LogP contribution < -0.4 is 5.73 Å². The molecule has 0 saturated carbocycles. The largest absolute Gasteiger partial charge is 0.441 e. The fourth-order valence-corrected chi connectivity index (χ4v) is 1.60. The van der Waals surface area contributed by atoms with Gasteiger partial charge in [-0.05, 0) is 17.7 Å². The van der Waals surface area contributed by atoms with Gasteiger partial charge in [0.25, 0.3) is 0 Å². The van der Waals surface area contributed by atoms with E-state index in [2.05, 4.69) is 17.6 Å². The maximum absolute atomic E-state index is 5.85. The molecule has 2 rings (SSSR count). The van der Waals surface area contributed by atoms with E-state index < -0.39 is 0 Å². The maximum atomic E-state index is 5.85. The first-order chi connectivity index (χ1) is 6.70. The summed E-state index contributed by atoms with van der Waals surface area (Å²) in [6.45, 7) is 1.83. The molecule has 2 aromatic rings. The van der Waals surface area contributed by atoms with Gasteiger partial charge in [0.2, 0.25) is 0 Å². The van der Waals surface area contributed by atoms with Crippen molar-refractivity contribution in [3.05, 3.63) is 29.7 Å². The Balaban J connectivity index is 2.50. The summed E-state index contributed by atoms with van der Waals surface area (Å²) < 4.78 is 5.41. The molecule has 0 saturated heterocycles. The molecule has 14 heavy (non-hydrogen) atoms. The molecule has 1 heterocycles. The lowest BCUT2D eigenvalue weighted by molar-refractivity contribution is 0.560. The Hall–Kier alpha value is -1.00. The maximum Gasteiger partial charge on any atom is 0.192 e. The Bertz CT molecular complexity index is 452. The highest BCUT2D eigenvalue weighted by atomic mass is 32.1. The summed E-state index contributed by atoms with van der Waals surface area (Å²) in [5.74, 6) is 1.30. The van der Waals surface area contributed by atoms with Crippen LogP contribution in [0.15, 0.2) is 22.6 Å². The Labute approximate surface area is 87.7 Å². The minimum atomic E-state index is -0.0480. The minimum absolute atomic E-state index is 0.0480. The first-order valence-electron chi connectivity index (χ1n) is 4.44. The number of fused-ring (bicyclic) bond motifs is 1. The number of rotatable bonds is 2. The summed E-state index contributed by atoms with van der Waals surface area (Å²) in [7, 11) is 0. The number of aromatic nitrogens is 1. The fourth-order valence-electron chi connectivity index (χ4n) is 1.39. The van der Waals surface area contributed by atoms with E-state index in [1.54, 1.807) is 0 Å². The molecule has 0 fully saturated rings. The van der Waals surface area contributed by atoms with E-state index in [9.17, 15) is 0 Å². The number of nitrogens with zero attached hydrogens (tertiary/aromatic N) is 1. The zero-order valence-electron chi connectivity index (χ0n) is 7.90. The van der Waals surface area contributed by atoms with Gasteiger partial charge in [-0.1, -0.05) is 6.07 Å². The lowest BCUT2D eigenvalue weighted by Crippen LogP contribution is -2.11. The third-order valence-corrected chi connectivity index (χ3v) is 2.54. The average Bonchev–Trinajstić information content (AvgIpc) is 2.55. The van der Waals surface area contributed by atoms with E-state index in [0.29, 0.717) is 11.6 Å². The SMILES string of the molecule is Cc1nc2ccc(C(N)CS)cc2o1. The molecule has 1 unspecified atom stereocenters. The summed E-state index contributed by atoms with van der Waals surface area (Å²) in [5, 5.41) is 0. The third kappa shape index (κ3) is 1.63. The van der Waals surface area contributed by atoms with Crippen LogP contribution in [0.1, 0.15) is 17.5 Å². The van der Waals surface area contributed by atoms with Crippen molar-refractivity contribution in [2.75, 3.05) is 5.75 Å². The third-order valence-electron chi connectivity index (χ3n) is 2.14. The Kier molecular flexibility index (Phi) is 2.48. The molecule has 74 valence electrons. The molecule has 1 aromatic carbocycles. The number of hydrogen-bond donors (Lipinski definition) is 2. The van der Waals surface area contributed by atoms with E-state index in [1.165, 1.54) is 0 Å². The lowest BCUT2D eigenvalue weighted by Gasteiger charge is -2.07. The van der Waals surface area contributed by atoms with Crippen LogP contribution in [0.3, 0.4) is 0 Å². The van der Waals surface area contributed by atoms with E-state index >= 15 is 0 Å². The van der Waals surface area contributed by atoms with Gasteiger partial charge in [-0.25, -0.2) is 4.98 Å². The predicted molar refractivity (Wildman–Crippen MR) is 59.5 cm³/mol. The number of thiol groups is 1. The Morgan fingerprint density at radius 3 is 3.07 bits per heavy atom. The van der Waals surface area contributed by atoms with Crippen molar-refractivity contribution in [1.82, 2.24) is 4.98 Å². The number of nitrogens with two attached hydrogens (primary N) is 1. The van der Waals surface area contributed by atoms with Crippen molar-refractivity contribution in [1.29, 1.82) is 0 Å². The number of aryl methyl sites for hydroxylation is 1. The molecule has 0 spiro atoms. The number of hydrogen-bond acceptors (Lipinski definition) is 4. The van der Waals surface area contributed by atoms with Gasteiger partial charge in [-0.15, -0.1) is 0 Å². The predicted octanol–water partition coefficient (Wildman–Crippen LogP) is 2.07. The molecular formula is C10H12N2OS. The van der Waals surface area contributed by atoms with Gasteiger partial charge in [0.05, 0.1) is 0 Å². The molecule has 4 heteroatoms. The van der Waals surface area contributed by atoms with Gasteiger partial charge in [0, 0.05) is 18.7 Å². The monoisotopic (exact) mass is 208 g/mol. The quantitative estimate of drug-likeness (QED) is 0.743. The second kappa shape index (κ2) is 3.63. The first-order valence-corrected chi connectivity index (χ1v) is 5.07. The second-order valence-corrected chi connectivity index (χ2v) is 3.61. The molecule has 1 aromatic heterocycles. The van der Waals surface area contributed by atoms with E-state index in [1.807, 2.05) is 25.1 Å². The Morgan fingerprint density at radius 2 is 2.36 bits per heavy atom.